The van der Waals surface area contributed by atoms with E-state index in [1.165, 1.54) is 32.9 Å². The Labute approximate surface area is 142 Å². The number of carbonyl (C=O) groups excluding carboxylic acids is 4. The van der Waals surface area contributed by atoms with E-state index in [0.29, 0.717) is 6.41 Å². The fourth-order valence-electron chi connectivity index (χ4n) is 2.23. The van der Waals surface area contributed by atoms with E-state index in [0.717, 1.165) is 13.8 Å². The number of esters is 3. The van der Waals surface area contributed by atoms with Crippen molar-refractivity contribution in [3.05, 3.63) is 0 Å². The molecule has 1 unspecified atom stereocenters. The molecule has 0 rings (SSSR count). The van der Waals surface area contributed by atoms with Crippen molar-refractivity contribution in [1.82, 2.24) is 4.90 Å². The Kier molecular flexibility index (Phi) is 8.77. The molecule has 5 atom stereocenters. The van der Waals surface area contributed by atoms with Gasteiger partial charge in [-0.15, -0.1) is 0 Å². The molecule has 0 aromatic rings. The van der Waals surface area contributed by atoms with Gasteiger partial charge in [-0.25, -0.2) is 0 Å². The van der Waals surface area contributed by atoms with Crippen LogP contribution < -0.4 is 0 Å². The number of likely N-dealkylation sites (N-methyl/N-ethyl adjacent to an activating group) is 1. The molecule has 0 saturated heterocycles. The van der Waals surface area contributed by atoms with Crippen LogP contribution in [0.1, 0.15) is 29.1 Å². The number of rotatable bonds is 10. The lowest BCUT2D eigenvalue weighted by Gasteiger charge is -2.38. The lowest BCUT2D eigenvalue weighted by atomic mass is 9.99. The summed E-state index contributed by atoms with van der Waals surface area (Å²) in [7, 11) is 2.69. The minimum atomic E-state index is -1.60. The predicted octanol–water partition coefficient (Wildman–Crippen LogP) is -0.0954. The molecule has 0 fully saturated rings. The summed E-state index contributed by atoms with van der Waals surface area (Å²) in [5.41, 5.74) is 0. The van der Waals surface area contributed by atoms with Gasteiger partial charge in [-0.05, 0) is 6.92 Å². The van der Waals surface area contributed by atoms with E-state index < -0.39 is 48.8 Å². The summed E-state index contributed by atoms with van der Waals surface area (Å²) < 4.78 is 28.2. The van der Waals surface area contributed by atoms with Crippen molar-refractivity contribution in [3.8, 4) is 0 Å². The highest BCUT2D eigenvalue weighted by atomic mass is 16.6. The molecular formula is C15H25NO8. The van der Waals surface area contributed by atoms with Crippen LogP contribution >= 0.6 is 0 Å². The molecule has 9 nitrogen and oxygen atoms in total. The molecule has 0 aliphatic carbocycles. The van der Waals surface area contributed by atoms with E-state index in [9.17, 15) is 19.2 Å². The van der Waals surface area contributed by atoms with Crippen LogP contribution in [0.5, 0.6) is 0 Å². The second-order valence-corrected chi connectivity index (χ2v) is 5.10. The summed E-state index contributed by atoms with van der Waals surface area (Å²) >= 11 is 0. The van der Waals surface area contributed by atoms with Crippen molar-refractivity contribution in [2.75, 3.05) is 20.7 Å². The van der Waals surface area contributed by atoms with E-state index >= 15 is 0 Å². The Morgan fingerprint density at radius 1 is 1.12 bits per heavy atom. The number of nitrogens with zero attached hydrogens (tertiary/aromatic N) is 1. The molecule has 0 spiro atoms. The molecule has 0 heterocycles. The van der Waals surface area contributed by atoms with Gasteiger partial charge in [0, 0.05) is 34.9 Å². The van der Waals surface area contributed by atoms with E-state index in [1.54, 1.807) is 0 Å². The minimum absolute atomic E-state index is 0.478. The van der Waals surface area contributed by atoms with Crippen molar-refractivity contribution < 1.29 is 39.5 Å². The van der Waals surface area contributed by atoms with Crippen LogP contribution in [0, 0.1) is 0 Å². The van der Waals surface area contributed by atoms with Crippen LogP contribution in [0.2, 0.25) is 0 Å². The van der Waals surface area contributed by atoms with Gasteiger partial charge in [-0.2, -0.15) is 0 Å². The maximum Gasteiger partial charge on any atom is 0.303 e. The van der Waals surface area contributed by atoms with E-state index in [1.807, 2.05) is 0 Å². The van der Waals surface area contributed by atoms with Gasteiger partial charge in [0.05, 0.1) is 7.41 Å². The third kappa shape index (κ3) is 7.40. The monoisotopic (exact) mass is 348 g/mol. The zero-order valence-corrected chi connectivity index (χ0v) is 14.7. The number of hydrogen-bond acceptors (Lipinski definition) is 8. The topological polar surface area (TPSA) is 108 Å². The molecule has 1 amide bonds. The van der Waals surface area contributed by atoms with Crippen molar-refractivity contribution in [1.29, 1.82) is 0 Å². The first kappa shape index (κ1) is 19.9. The van der Waals surface area contributed by atoms with Crippen molar-refractivity contribution in [2.45, 2.75) is 52.0 Å². The fraction of sp³-hybridized carbons (Fsp3) is 0.733. The number of methoxy groups -OCH3 is 1. The van der Waals surface area contributed by atoms with Gasteiger partial charge in [0.1, 0.15) is 18.8 Å². The molecule has 0 aliphatic rings. The second-order valence-electron chi connectivity index (χ2n) is 5.10. The van der Waals surface area contributed by atoms with Crippen LogP contribution in [0.25, 0.3) is 0 Å². The summed E-state index contributed by atoms with van der Waals surface area (Å²) in [6, 6.07) is -0.904. The first-order chi connectivity index (χ1) is 11.5. The maximum absolute atomic E-state index is 11.4. The molecule has 0 N–H and O–H groups in total. The van der Waals surface area contributed by atoms with Crippen LogP contribution in [0.15, 0.2) is 0 Å². The minimum Gasteiger partial charge on any atom is -0.462 e. The molecule has 138 valence electrons. The third-order valence-electron chi connectivity index (χ3n) is 3.07. The molecule has 9 heteroatoms. The molecule has 0 saturated carbocycles. The van der Waals surface area contributed by atoms with E-state index in [4.69, 9.17) is 20.3 Å². The highest BCUT2D eigenvalue weighted by Gasteiger charge is 2.39. The van der Waals surface area contributed by atoms with Gasteiger partial charge in [0.15, 0.2) is 6.10 Å². The average molecular weight is 348 g/mol. The molecule has 0 bridgehead atoms. The molecule has 0 aliphatic heterocycles. The zero-order chi connectivity index (χ0) is 19.7. The number of ether oxygens (including phenoxy) is 4. The van der Waals surface area contributed by atoms with Crippen LogP contribution in [0.3, 0.4) is 0 Å². The van der Waals surface area contributed by atoms with Gasteiger partial charge in [0.2, 0.25) is 6.41 Å². The predicted molar refractivity (Wildman–Crippen MR) is 81.8 cm³/mol. The Morgan fingerprint density at radius 3 is 2.04 bits per heavy atom. The normalized spacial score (nSPS) is 17.3. The standard InChI is InChI=1S/C15H25NO8/c1-9(23-11(3)19)14(16(5)8-17)15(21-6)13(24-12(4)20)7-22-10(2)18/h8-9,13-15H,7H2,1-6H3/t9-,13-,14-,15-/m1/s1/i7D/t7?,9-,13-,14-,15-. The van der Waals surface area contributed by atoms with Crippen LogP contribution in [-0.2, 0) is 38.1 Å². The quantitative estimate of drug-likeness (QED) is 0.306. The average Bonchev–Trinajstić information content (AvgIpc) is 2.47. The third-order valence-corrected chi connectivity index (χ3v) is 3.07. The summed E-state index contributed by atoms with van der Waals surface area (Å²) in [6.45, 7) is 3.34. The van der Waals surface area contributed by atoms with Crippen LogP contribution in [0.4, 0.5) is 0 Å². The largest absolute Gasteiger partial charge is 0.462 e. The van der Waals surface area contributed by atoms with Gasteiger partial charge >= 0.3 is 17.9 Å². The summed E-state index contributed by atoms with van der Waals surface area (Å²) in [4.78, 5) is 46.2. The number of hydrogen-bond donors (Lipinski definition) is 0. The molecule has 0 radical (unpaired) electrons. The Bertz CT molecular complexity index is 486. The highest BCUT2D eigenvalue weighted by molar-refractivity contribution is 5.67. The van der Waals surface area contributed by atoms with Gasteiger partial charge < -0.3 is 23.8 Å². The van der Waals surface area contributed by atoms with Crippen molar-refractivity contribution in [2.24, 2.45) is 0 Å². The van der Waals surface area contributed by atoms with Crippen molar-refractivity contribution >= 4 is 24.3 Å². The van der Waals surface area contributed by atoms with E-state index in [-0.39, 0.29) is 0 Å². The SMILES string of the molecule is [2H]C(OC(C)=O)[C@@H](OC(C)=O)[C@@H](OC)[C@@H]([C@@H](C)OC(C)=O)N(C)C=O. The highest BCUT2D eigenvalue weighted by Crippen LogP contribution is 2.19. The summed E-state index contributed by atoms with van der Waals surface area (Å²) in [6.07, 6.45) is -2.82. The summed E-state index contributed by atoms with van der Waals surface area (Å²) in [5.74, 6) is -2.07. The molecular weight excluding hydrogens is 322 g/mol. The number of amides is 1. The van der Waals surface area contributed by atoms with Gasteiger partial charge in [-0.1, -0.05) is 0 Å². The lowest BCUT2D eigenvalue weighted by molar-refractivity contribution is -0.176. The van der Waals surface area contributed by atoms with Gasteiger partial charge in [-0.3, -0.25) is 19.2 Å². The molecule has 0 aromatic heterocycles. The molecule has 24 heavy (non-hydrogen) atoms. The lowest BCUT2D eigenvalue weighted by Crippen LogP contribution is -2.56. The first-order valence-electron chi connectivity index (χ1n) is 7.76. The first-order valence-corrected chi connectivity index (χ1v) is 7.19. The van der Waals surface area contributed by atoms with E-state index in [2.05, 4.69) is 0 Å². The van der Waals surface area contributed by atoms with Crippen LogP contribution in [-0.4, -0.2) is 74.3 Å². The second kappa shape index (κ2) is 10.6. The Hall–Kier alpha value is -2.16. The smallest absolute Gasteiger partial charge is 0.303 e. The molecule has 0 aromatic carbocycles. The van der Waals surface area contributed by atoms with Gasteiger partial charge in [0.25, 0.3) is 0 Å². The zero-order valence-electron chi connectivity index (χ0n) is 15.7. The Balaban J connectivity index is 5.79. The number of carbonyl (C=O) groups is 4. The Morgan fingerprint density at radius 2 is 1.67 bits per heavy atom. The fourth-order valence-corrected chi connectivity index (χ4v) is 2.23. The maximum atomic E-state index is 11.4. The summed E-state index contributed by atoms with van der Waals surface area (Å²) in [5, 5.41) is 0. The van der Waals surface area contributed by atoms with Crippen molar-refractivity contribution in [3.63, 3.8) is 0 Å².